The van der Waals surface area contributed by atoms with Gasteiger partial charge in [0.15, 0.2) is 5.82 Å². The van der Waals surface area contributed by atoms with Gasteiger partial charge in [0.25, 0.3) is 0 Å². The van der Waals surface area contributed by atoms with Gasteiger partial charge < -0.3 is 4.90 Å². The van der Waals surface area contributed by atoms with Gasteiger partial charge in [0.05, 0.1) is 17.4 Å². The molecule has 0 N–H and O–H groups in total. The highest BCUT2D eigenvalue weighted by atomic mass is 15.3. The molecule has 3 aromatic heterocycles. The average Bonchev–Trinajstić information content (AvgIpc) is 3.28. The second-order valence-electron chi connectivity index (χ2n) is 7.11. The first-order valence-corrected chi connectivity index (χ1v) is 9.75. The lowest BCUT2D eigenvalue weighted by Crippen LogP contribution is -2.18. The molecule has 0 amide bonds. The fourth-order valence-corrected chi connectivity index (χ4v) is 3.49. The molecule has 5 rings (SSSR count). The number of hydrogen-bond acceptors (Lipinski definition) is 5. The number of fused-ring (bicyclic) bond motifs is 1. The maximum atomic E-state index is 4.88. The maximum Gasteiger partial charge on any atom is 0.163 e. The van der Waals surface area contributed by atoms with Crippen LogP contribution in [0.1, 0.15) is 5.56 Å². The standard InChI is InChI=1S/C24H20N6/c1-29(16-18-14-26-30(17-18)20-9-3-2-4-10-20)24-21-11-5-6-12-22(21)27-23(28-24)19-8-7-13-25-15-19/h2-15,17H,16H2,1H3. The molecule has 0 saturated heterocycles. The van der Waals surface area contributed by atoms with Crippen molar-refractivity contribution in [3.63, 3.8) is 0 Å². The first-order chi connectivity index (χ1) is 14.8. The lowest BCUT2D eigenvalue weighted by atomic mass is 10.2. The third-order valence-electron chi connectivity index (χ3n) is 4.94. The summed E-state index contributed by atoms with van der Waals surface area (Å²) in [6.45, 7) is 0.681. The smallest absolute Gasteiger partial charge is 0.163 e. The van der Waals surface area contributed by atoms with Crippen LogP contribution in [0.3, 0.4) is 0 Å². The van der Waals surface area contributed by atoms with Gasteiger partial charge in [-0.1, -0.05) is 30.3 Å². The number of aromatic nitrogens is 5. The Morgan fingerprint density at radius 3 is 2.53 bits per heavy atom. The molecule has 0 aliphatic rings. The Hall–Kier alpha value is -4.06. The van der Waals surface area contributed by atoms with Gasteiger partial charge in [-0.05, 0) is 36.4 Å². The highest BCUT2D eigenvalue weighted by Gasteiger charge is 2.14. The third kappa shape index (κ3) is 3.51. The molecule has 6 heteroatoms. The molecule has 6 nitrogen and oxygen atoms in total. The van der Waals surface area contributed by atoms with Crippen LogP contribution in [0.2, 0.25) is 0 Å². The van der Waals surface area contributed by atoms with Crippen LogP contribution in [0.15, 0.2) is 91.5 Å². The van der Waals surface area contributed by atoms with Crippen molar-refractivity contribution < 1.29 is 0 Å². The van der Waals surface area contributed by atoms with Crippen molar-refractivity contribution in [1.29, 1.82) is 0 Å². The molecule has 0 fully saturated rings. The Labute approximate surface area is 174 Å². The Morgan fingerprint density at radius 1 is 0.867 bits per heavy atom. The lowest BCUT2D eigenvalue weighted by molar-refractivity contribution is 0.875. The van der Waals surface area contributed by atoms with E-state index in [0.29, 0.717) is 12.4 Å². The molecular formula is C24H20N6. The molecule has 0 saturated carbocycles. The zero-order valence-corrected chi connectivity index (χ0v) is 16.6. The van der Waals surface area contributed by atoms with Gasteiger partial charge in [0, 0.05) is 48.7 Å². The van der Waals surface area contributed by atoms with Crippen molar-refractivity contribution >= 4 is 16.7 Å². The summed E-state index contributed by atoms with van der Waals surface area (Å²) in [6, 6.07) is 22.1. The summed E-state index contributed by atoms with van der Waals surface area (Å²) in [7, 11) is 2.04. The van der Waals surface area contributed by atoms with Gasteiger partial charge in [0.1, 0.15) is 5.82 Å². The van der Waals surface area contributed by atoms with E-state index in [9.17, 15) is 0 Å². The van der Waals surface area contributed by atoms with E-state index in [0.717, 1.165) is 33.5 Å². The van der Waals surface area contributed by atoms with Crippen molar-refractivity contribution in [3.8, 4) is 17.1 Å². The molecule has 5 aromatic rings. The van der Waals surface area contributed by atoms with Crippen molar-refractivity contribution in [2.45, 2.75) is 6.54 Å². The normalized spacial score (nSPS) is 11.0. The molecule has 0 bridgehead atoms. The summed E-state index contributed by atoms with van der Waals surface area (Å²) in [6.07, 6.45) is 7.49. The van der Waals surface area contributed by atoms with E-state index in [4.69, 9.17) is 9.97 Å². The molecule has 0 unspecified atom stereocenters. The van der Waals surface area contributed by atoms with Gasteiger partial charge in [-0.3, -0.25) is 4.98 Å². The predicted molar refractivity (Wildman–Crippen MR) is 118 cm³/mol. The SMILES string of the molecule is CN(Cc1cnn(-c2ccccc2)c1)c1nc(-c2cccnc2)nc2ccccc12. The quantitative estimate of drug-likeness (QED) is 0.440. The largest absolute Gasteiger partial charge is 0.355 e. The average molecular weight is 392 g/mol. The van der Waals surface area contributed by atoms with Crippen molar-refractivity contribution in [2.75, 3.05) is 11.9 Å². The Kier molecular flexibility index (Phi) is 4.65. The molecule has 0 aliphatic heterocycles. The number of rotatable bonds is 5. The molecule has 30 heavy (non-hydrogen) atoms. The van der Waals surface area contributed by atoms with Crippen molar-refractivity contribution in [3.05, 3.63) is 97.1 Å². The van der Waals surface area contributed by atoms with E-state index in [1.807, 2.05) is 78.6 Å². The van der Waals surface area contributed by atoms with Gasteiger partial charge in [-0.15, -0.1) is 0 Å². The number of para-hydroxylation sites is 2. The second-order valence-corrected chi connectivity index (χ2v) is 7.11. The van der Waals surface area contributed by atoms with Gasteiger partial charge in [-0.2, -0.15) is 5.10 Å². The van der Waals surface area contributed by atoms with Crippen LogP contribution in [0.25, 0.3) is 28.0 Å². The van der Waals surface area contributed by atoms with E-state index in [1.165, 1.54) is 0 Å². The summed E-state index contributed by atoms with van der Waals surface area (Å²) in [5.41, 5.74) is 3.95. The first kappa shape index (κ1) is 18.0. The predicted octanol–water partition coefficient (Wildman–Crippen LogP) is 4.51. The molecule has 0 radical (unpaired) electrons. The zero-order valence-electron chi connectivity index (χ0n) is 16.6. The topological polar surface area (TPSA) is 59.7 Å². The molecule has 3 heterocycles. The molecule has 0 atom stereocenters. The van der Waals surface area contributed by atoms with Crippen LogP contribution in [0.4, 0.5) is 5.82 Å². The molecule has 0 aliphatic carbocycles. The Morgan fingerprint density at radius 2 is 1.70 bits per heavy atom. The van der Waals surface area contributed by atoms with Gasteiger partial charge in [-0.25, -0.2) is 14.6 Å². The summed E-state index contributed by atoms with van der Waals surface area (Å²) < 4.78 is 1.89. The summed E-state index contributed by atoms with van der Waals surface area (Å²) >= 11 is 0. The van der Waals surface area contributed by atoms with E-state index < -0.39 is 0 Å². The number of hydrogen-bond donors (Lipinski definition) is 0. The fourth-order valence-electron chi connectivity index (χ4n) is 3.49. The molecule has 0 spiro atoms. The minimum Gasteiger partial charge on any atom is -0.355 e. The summed E-state index contributed by atoms with van der Waals surface area (Å²) in [5, 5.41) is 5.53. The monoisotopic (exact) mass is 392 g/mol. The first-order valence-electron chi connectivity index (χ1n) is 9.75. The van der Waals surface area contributed by atoms with Crippen LogP contribution in [-0.2, 0) is 6.54 Å². The third-order valence-corrected chi connectivity index (χ3v) is 4.94. The fraction of sp³-hybridized carbons (Fsp3) is 0.0833. The van der Waals surface area contributed by atoms with Gasteiger partial charge in [0.2, 0.25) is 0 Å². The zero-order chi connectivity index (χ0) is 20.3. The summed E-state index contributed by atoms with van der Waals surface area (Å²) in [5.74, 6) is 1.55. The number of anilines is 1. The van der Waals surface area contributed by atoms with Crippen LogP contribution in [0, 0.1) is 0 Å². The van der Waals surface area contributed by atoms with Crippen molar-refractivity contribution in [1.82, 2.24) is 24.7 Å². The van der Waals surface area contributed by atoms with Crippen LogP contribution >= 0.6 is 0 Å². The highest BCUT2D eigenvalue weighted by molar-refractivity contribution is 5.90. The van der Waals surface area contributed by atoms with E-state index >= 15 is 0 Å². The summed E-state index contributed by atoms with van der Waals surface area (Å²) in [4.78, 5) is 16.0. The molecule has 2 aromatic carbocycles. The second kappa shape index (κ2) is 7.75. The van der Waals surface area contributed by atoms with Crippen LogP contribution in [0.5, 0.6) is 0 Å². The van der Waals surface area contributed by atoms with Crippen LogP contribution < -0.4 is 4.90 Å². The van der Waals surface area contributed by atoms with E-state index in [-0.39, 0.29) is 0 Å². The lowest BCUT2D eigenvalue weighted by Gasteiger charge is -2.20. The van der Waals surface area contributed by atoms with Crippen LogP contribution in [-0.4, -0.2) is 31.8 Å². The van der Waals surface area contributed by atoms with Crippen molar-refractivity contribution in [2.24, 2.45) is 0 Å². The minimum absolute atomic E-state index is 0.670. The maximum absolute atomic E-state index is 4.88. The highest BCUT2D eigenvalue weighted by Crippen LogP contribution is 2.27. The Bertz CT molecular complexity index is 1280. The van der Waals surface area contributed by atoms with E-state index in [2.05, 4.69) is 27.2 Å². The van der Waals surface area contributed by atoms with E-state index in [1.54, 1.807) is 12.4 Å². The Balaban J connectivity index is 1.50. The molecule has 146 valence electrons. The minimum atomic E-state index is 0.670. The number of nitrogens with zero attached hydrogens (tertiary/aromatic N) is 6. The number of benzene rings is 2. The number of pyridine rings is 1. The molecular weight excluding hydrogens is 372 g/mol. The van der Waals surface area contributed by atoms with Gasteiger partial charge >= 0.3 is 0 Å².